The van der Waals surface area contributed by atoms with Crippen molar-refractivity contribution in [2.45, 2.75) is 88.3 Å². The zero-order valence-corrected chi connectivity index (χ0v) is 34.4. The molecule has 2 aliphatic heterocycles. The van der Waals surface area contributed by atoms with Crippen molar-refractivity contribution in [3.05, 3.63) is 151 Å². The molecule has 0 N–H and O–H groups in total. The Morgan fingerprint density at radius 1 is 0.509 bits per heavy atom. The van der Waals surface area contributed by atoms with E-state index in [0.717, 1.165) is 34.3 Å². The molecule has 5 nitrogen and oxygen atoms in total. The number of anilines is 5. The highest BCUT2D eigenvalue weighted by molar-refractivity contribution is 7.99. The number of aromatic nitrogens is 2. The summed E-state index contributed by atoms with van der Waals surface area (Å²) in [7, 11) is 0. The quantitative estimate of drug-likeness (QED) is 0.175. The van der Waals surface area contributed by atoms with E-state index >= 15 is 0 Å². The molecule has 0 unspecified atom stereocenters. The Morgan fingerprint density at radius 3 is 1.85 bits per heavy atom. The summed E-state index contributed by atoms with van der Waals surface area (Å²) in [6.07, 6.45) is 10.2. The van der Waals surface area contributed by atoms with Crippen molar-refractivity contribution in [2.24, 2.45) is 0 Å². The molecule has 0 bridgehead atoms. The van der Waals surface area contributed by atoms with E-state index in [1.54, 1.807) is 11.8 Å². The third kappa shape index (κ3) is 7.28. The first kappa shape index (κ1) is 36.6. The summed E-state index contributed by atoms with van der Waals surface area (Å²) in [6.45, 7) is 21.3. The number of benzene rings is 4. The van der Waals surface area contributed by atoms with Crippen LogP contribution < -0.4 is 14.7 Å². The summed E-state index contributed by atoms with van der Waals surface area (Å²) in [5.41, 5.74) is 13.3. The topological polar surface area (TPSA) is 35.5 Å². The third-order valence-corrected chi connectivity index (χ3v) is 11.7. The van der Waals surface area contributed by atoms with Gasteiger partial charge in [-0.2, -0.15) is 0 Å². The van der Waals surface area contributed by atoms with Gasteiger partial charge in [-0.1, -0.05) is 117 Å². The lowest BCUT2D eigenvalue weighted by Gasteiger charge is -2.29. The van der Waals surface area contributed by atoms with E-state index in [1.165, 1.54) is 49.7 Å². The zero-order chi connectivity index (χ0) is 38.7. The molecule has 0 amide bonds. The van der Waals surface area contributed by atoms with Gasteiger partial charge < -0.3 is 9.80 Å². The van der Waals surface area contributed by atoms with Gasteiger partial charge in [0.05, 0.1) is 18.0 Å². The summed E-state index contributed by atoms with van der Waals surface area (Å²) < 4.78 is 0. The molecule has 0 atom stereocenters. The molecule has 0 radical (unpaired) electrons. The van der Waals surface area contributed by atoms with Crippen molar-refractivity contribution in [2.75, 3.05) is 21.4 Å². The van der Waals surface area contributed by atoms with Crippen LogP contribution in [0.3, 0.4) is 0 Å². The Labute approximate surface area is 331 Å². The minimum absolute atomic E-state index is 0.0213. The fraction of sp³-hybridized carbons (Fsp3) is 0.265. The first-order valence-corrected chi connectivity index (χ1v) is 20.1. The van der Waals surface area contributed by atoms with Crippen molar-refractivity contribution in [3.63, 3.8) is 0 Å². The molecule has 6 aromatic rings. The van der Waals surface area contributed by atoms with E-state index in [9.17, 15) is 0 Å². The number of hydrogen-bond donors (Lipinski definition) is 0. The van der Waals surface area contributed by atoms with Crippen LogP contribution in [0.25, 0.3) is 22.3 Å². The Morgan fingerprint density at radius 2 is 1.16 bits per heavy atom. The van der Waals surface area contributed by atoms with Crippen molar-refractivity contribution >= 4 is 40.3 Å². The van der Waals surface area contributed by atoms with Crippen LogP contribution in [0.2, 0.25) is 0 Å². The molecular weight excluding hydrogens is 691 g/mol. The predicted octanol–water partition coefficient (Wildman–Crippen LogP) is 13.4. The van der Waals surface area contributed by atoms with Gasteiger partial charge in [-0.05, 0) is 105 Å². The molecule has 278 valence electrons. The molecule has 0 fully saturated rings. The molecule has 6 heteroatoms. The SMILES string of the molecule is CC(C)(C)c1cc(N2C=CN(c3cccc(Sc4ccc5c(c4)N(c4cc(C(C)(C)C)ccn4)c4ccncc4-c4ccccc4-5)c3)C2)cc(C(C)(C)C)c1. The fourth-order valence-electron chi connectivity index (χ4n) is 7.37. The molecule has 2 aromatic heterocycles. The number of hydrogen-bond acceptors (Lipinski definition) is 6. The van der Waals surface area contributed by atoms with Gasteiger partial charge in [0, 0.05) is 63.3 Å². The van der Waals surface area contributed by atoms with Crippen LogP contribution >= 0.6 is 11.8 Å². The summed E-state index contributed by atoms with van der Waals surface area (Å²) >= 11 is 1.79. The third-order valence-electron chi connectivity index (χ3n) is 10.7. The van der Waals surface area contributed by atoms with Gasteiger partial charge in [0.15, 0.2) is 0 Å². The highest BCUT2D eigenvalue weighted by Gasteiger charge is 2.29. The largest absolute Gasteiger partial charge is 0.328 e. The number of rotatable bonds is 5. The Hall–Kier alpha value is -5.33. The van der Waals surface area contributed by atoms with Gasteiger partial charge in [-0.15, -0.1) is 0 Å². The van der Waals surface area contributed by atoms with E-state index in [-0.39, 0.29) is 16.2 Å². The van der Waals surface area contributed by atoms with Gasteiger partial charge >= 0.3 is 0 Å². The van der Waals surface area contributed by atoms with Crippen LogP contribution in [0.1, 0.15) is 79.0 Å². The highest BCUT2D eigenvalue weighted by Crippen LogP contribution is 2.51. The Balaban J connectivity index is 1.13. The average Bonchev–Trinajstić information content (AvgIpc) is 3.61. The lowest BCUT2D eigenvalue weighted by molar-refractivity contribution is 0.568. The van der Waals surface area contributed by atoms with E-state index in [2.05, 4.69) is 198 Å². The maximum atomic E-state index is 4.99. The van der Waals surface area contributed by atoms with Crippen molar-refractivity contribution in [1.82, 2.24) is 9.97 Å². The molecule has 0 spiro atoms. The van der Waals surface area contributed by atoms with Gasteiger partial charge in [0.25, 0.3) is 0 Å². The summed E-state index contributed by atoms with van der Waals surface area (Å²) in [6, 6.07) is 38.0. The second-order valence-electron chi connectivity index (χ2n) is 17.9. The predicted molar refractivity (Wildman–Crippen MR) is 233 cm³/mol. The second kappa shape index (κ2) is 13.8. The fourth-order valence-corrected chi connectivity index (χ4v) is 8.28. The Kier molecular flexibility index (Phi) is 9.16. The maximum Gasteiger partial charge on any atom is 0.137 e. The molecular formula is C49H51N5S. The standard InChI is InChI=1S/C49H51N5S/c1-47(2,3)33-19-22-51-46(28-33)54-44-20-21-50-31-43(44)41-16-11-10-15-40(41)42-18-17-39(30-45(42)54)55-38-14-12-13-36(29-38)52-23-24-53(32-52)37-26-34(48(4,5)6)25-35(27-37)49(7,8)9/h10-31H,32H2,1-9H3. The van der Waals surface area contributed by atoms with Crippen LogP contribution in [0.5, 0.6) is 0 Å². The normalized spacial score (nSPS) is 14.1. The van der Waals surface area contributed by atoms with Gasteiger partial charge in [-0.3, -0.25) is 9.88 Å². The summed E-state index contributed by atoms with van der Waals surface area (Å²) in [5, 5.41) is 0. The second-order valence-corrected chi connectivity index (χ2v) is 19.0. The van der Waals surface area contributed by atoms with Crippen LogP contribution in [0.4, 0.5) is 28.6 Å². The molecule has 0 aliphatic carbocycles. The minimum atomic E-state index is -0.0213. The van der Waals surface area contributed by atoms with Crippen LogP contribution in [0, 0.1) is 0 Å². The highest BCUT2D eigenvalue weighted by atomic mass is 32.2. The van der Waals surface area contributed by atoms with E-state index < -0.39 is 0 Å². The van der Waals surface area contributed by atoms with Gasteiger partial charge in [0.1, 0.15) is 5.82 Å². The van der Waals surface area contributed by atoms with Crippen LogP contribution in [-0.4, -0.2) is 16.6 Å². The van der Waals surface area contributed by atoms with E-state index in [0.29, 0.717) is 0 Å². The van der Waals surface area contributed by atoms with Gasteiger partial charge in [-0.25, -0.2) is 4.98 Å². The number of nitrogens with zero attached hydrogens (tertiary/aromatic N) is 5. The van der Waals surface area contributed by atoms with Crippen LogP contribution in [-0.2, 0) is 16.2 Å². The smallest absolute Gasteiger partial charge is 0.137 e. The average molecular weight is 742 g/mol. The molecule has 0 saturated carbocycles. The van der Waals surface area contributed by atoms with Crippen molar-refractivity contribution in [3.8, 4) is 22.3 Å². The van der Waals surface area contributed by atoms with E-state index in [4.69, 9.17) is 4.98 Å². The molecule has 4 aromatic carbocycles. The summed E-state index contributed by atoms with van der Waals surface area (Å²) in [4.78, 5) is 18.9. The first-order valence-electron chi connectivity index (χ1n) is 19.2. The van der Waals surface area contributed by atoms with Crippen molar-refractivity contribution < 1.29 is 0 Å². The monoisotopic (exact) mass is 741 g/mol. The first-order chi connectivity index (χ1) is 26.1. The number of pyridine rings is 2. The zero-order valence-electron chi connectivity index (χ0n) is 33.6. The van der Waals surface area contributed by atoms with Crippen LogP contribution in [0.15, 0.2) is 144 Å². The molecule has 8 rings (SSSR count). The van der Waals surface area contributed by atoms with Crippen molar-refractivity contribution in [1.29, 1.82) is 0 Å². The summed E-state index contributed by atoms with van der Waals surface area (Å²) in [5.74, 6) is 0.895. The van der Waals surface area contributed by atoms with E-state index in [1.807, 2.05) is 18.6 Å². The molecule has 55 heavy (non-hydrogen) atoms. The maximum absolute atomic E-state index is 4.99. The Bertz CT molecular complexity index is 2390. The van der Waals surface area contributed by atoms with Gasteiger partial charge in [0.2, 0.25) is 0 Å². The molecule has 2 aliphatic rings. The molecule has 0 saturated heterocycles. The number of fused-ring (bicyclic) bond motifs is 5. The molecule has 4 heterocycles. The lowest BCUT2D eigenvalue weighted by Crippen LogP contribution is -2.26. The lowest BCUT2D eigenvalue weighted by atomic mass is 9.80. The minimum Gasteiger partial charge on any atom is -0.328 e.